The van der Waals surface area contributed by atoms with Crippen LogP contribution in [0.2, 0.25) is 0 Å². The molecule has 2 aromatic rings. The first-order valence-electron chi connectivity index (χ1n) is 7.11. The van der Waals surface area contributed by atoms with E-state index in [0.717, 1.165) is 25.9 Å². The second-order valence-corrected chi connectivity index (χ2v) is 5.39. The maximum Gasteiger partial charge on any atom is 0.315 e. The molecule has 5 heteroatoms. The summed E-state index contributed by atoms with van der Waals surface area (Å²) in [7, 11) is 2.15. The Balaban J connectivity index is 1.57. The van der Waals surface area contributed by atoms with Crippen molar-refractivity contribution in [2.45, 2.75) is 25.3 Å². The maximum atomic E-state index is 5.67. The van der Waals surface area contributed by atoms with Crippen LogP contribution in [-0.2, 0) is 6.42 Å². The van der Waals surface area contributed by atoms with Gasteiger partial charge in [0.1, 0.15) is 0 Å². The molecule has 1 aliphatic heterocycles. The number of benzene rings is 1. The number of nitrogens with zero attached hydrogens (tertiary/aromatic N) is 3. The van der Waals surface area contributed by atoms with Crippen molar-refractivity contribution in [3.8, 4) is 0 Å². The fourth-order valence-corrected chi connectivity index (χ4v) is 2.48. The van der Waals surface area contributed by atoms with E-state index in [1.165, 1.54) is 5.56 Å². The number of likely N-dealkylation sites (tertiary alicyclic amines) is 1. The zero-order valence-electron chi connectivity index (χ0n) is 11.7. The second-order valence-electron chi connectivity index (χ2n) is 5.39. The molecule has 0 bridgehead atoms. The Morgan fingerprint density at radius 2 is 1.95 bits per heavy atom. The third-order valence-corrected chi connectivity index (χ3v) is 3.71. The molecular formula is C15H20N4O. The van der Waals surface area contributed by atoms with Gasteiger partial charge in [0.2, 0.25) is 5.89 Å². The Kier molecular flexibility index (Phi) is 3.97. The molecule has 20 heavy (non-hydrogen) atoms. The monoisotopic (exact) mass is 272 g/mol. The van der Waals surface area contributed by atoms with E-state index < -0.39 is 0 Å². The summed E-state index contributed by atoms with van der Waals surface area (Å²) < 4.78 is 5.67. The number of rotatable bonds is 4. The van der Waals surface area contributed by atoms with Crippen LogP contribution in [0.25, 0.3) is 0 Å². The minimum absolute atomic E-state index is 0.441. The summed E-state index contributed by atoms with van der Waals surface area (Å²) >= 11 is 0. The topological polar surface area (TPSA) is 54.2 Å². The van der Waals surface area contributed by atoms with E-state index in [1.807, 2.05) is 18.2 Å². The van der Waals surface area contributed by atoms with Gasteiger partial charge in [-0.05, 0) is 38.5 Å². The van der Waals surface area contributed by atoms with Crippen LogP contribution >= 0.6 is 0 Å². The standard InChI is InChI=1S/C15H20N4O/c1-19-9-7-13(8-10-19)16-15-18-17-14(20-15)11-12-5-3-2-4-6-12/h2-6,13H,7-11H2,1H3,(H,16,18). The number of nitrogens with one attached hydrogen (secondary N) is 1. The molecule has 0 spiro atoms. The molecule has 1 saturated heterocycles. The Labute approximate surface area is 119 Å². The predicted octanol–water partition coefficient (Wildman–Crippen LogP) is 2.17. The normalized spacial score (nSPS) is 17.2. The van der Waals surface area contributed by atoms with E-state index in [2.05, 4.69) is 39.6 Å². The van der Waals surface area contributed by atoms with E-state index in [0.29, 0.717) is 24.4 Å². The minimum Gasteiger partial charge on any atom is -0.408 e. The van der Waals surface area contributed by atoms with Crippen LogP contribution in [0.4, 0.5) is 6.01 Å². The molecule has 2 heterocycles. The molecule has 0 saturated carbocycles. The molecule has 106 valence electrons. The number of piperidine rings is 1. The van der Waals surface area contributed by atoms with Crippen LogP contribution in [0.1, 0.15) is 24.3 Å². The van der Waals surface area contributed by atoms with Gasteiger partial charge in [0.05, 0.1) is 6.42 Å². The van der Waals surface area contributed by atoms with Gasteiger partial charge in [-0.15, -0.1) is 5.10 Å². The number of hydrogen-bond acceptors (Lipinski definition) is 5. The molecule has 1 aromatic carbocycles. The van der Waals surface area contributed by atoms with Crippen molar-refractivity contribution in [1.82, 2.24) is 15.1 Å². The summed E-state index contributed by atoms with van der Waals surface area (Å²) in [6.45, 7) is 2.23. The lowest BCUT2D eigenvalue weighted by Gasteiger charge is -2.28. The molecule has 5 nitrogen and oxygen atoms in total. The molecule has 1 aromatic heterocycles. The van der Waals surface area contributed by atoms with Gasteiger partial charge < -0.3 is 14.6 Å². The van der Waals surface area contributed by atoms with Crippen LogP contribution in [-0.4, -0.2) is 41.3 Å². The van der Waals surface area contributed by atoms with Crippen molar-refractivity contribution in [2.75, 3.05) is 25.5 Å². The molecule has 1 aliphatic rings. The number of hydrogen-bond donors (Lipinski definition) is 1. The second kappa shape index (κ2) is 6.05. The zero-order chi connectivity index (χ0) is 13.8. The van der Waals surface area contributed by atoms with Crippen molar-refractivity contribution < 1.29 is 4.42 Å². The number of anilines is 1. The largest absolute Gasteiger partial charge is 0.408 e. The average Bonchev–Trinajstić information content (AvgIpc) is 2.90. The van der Waals surface area contributed by atoms with Crippen molar-refractivity contribution in [3.05, 3.63) is 41.8 Å². The molecule has 1 fully saturated rings. The lowest BCUT2D eigenvalue weighted by molar-refractivity contribution is 0.262. The Hall–Kier alpha value is -1.88. The van der Waals surface area contributed by atoms with Crippen molar-refractivity contribution in [1.29, 1.82) is 0 Å². The summed E-state index contributed by atoms with van der Waals surface area (Å²) in [6, 6.07) is 11.2. The van der Waals surface area contributed by atoms with Gasteiger partial charge in [0.25, 0.3) is 0 Å². The SMILES string of the molecule is CN1CCC(Nc2nnc(Cc3ccccc3)o2)CC1. The smallest absolute Gasteiger partial charge is 0.315 e. The highest BCUT2D eigenvalue weighted by molar-refractivity contribution is 5.22. The molecule has 3 rings (SSSR count). The third-order valence-electron chi connectivity index (χ3n) is 3.71. The van der Waals surface area contributed by atoms with Gasteiger partial charge in [0, 0.05) is 6.04 Å². The van der Waals surface area contributed by atoms with Crippen molar-refractivity contribution in [3.63, 3.8) is 0 Å². The van der Waals surface area contributed by atoms with E-state index >= 15 is 0 Å². The van der Waals surface area contributed by atoms with Crippen LogP contribution in [0, 0.1) is 0 Å². The van der Waals surface area contributed by atoms with Crippen LogP contribution in [0.5, 0.6) is 0 Å². The van der Waals surface area contributed by atoms with E-state index in [-0.39, 0.29) is 0 Å². The van der Waals surface area contributed by atoms with Gasteiger partial charge in [-0.1, -0.05) is 35.4 Å². The van der Waals surface area contributed by atoms with Crippen LogP contribution in [0.15, 0.2) is 34.7 Å². The molecule has 0 atom stereocenters. The van der Waals surface area contributed by atoms with Gasteiger partial charge in [-0.25, -0.2) is 0 Å². The summed E-state index contributed by atoms with van der Waals surface area (Å²) in [6.07, 6.45) is 2.92. The van der Waals surface area contributed by atoms with Crippen LogP contribution < -0.4 is 5.32 Å². The molecule has 0 radical (unpaired) electrons. The first-order valence-corrected chi connectivity index (χ1v) is 7.11. The summed E-state index contributed by atoms with van der Waals surface area (Å²) in [5.74, 6) is 0.659. The van der Waals surface area contributed by atoms with Crippen molar-refractivity contribution in [2.24, 2.45) is 0 Å². The van der Waals surface area contributed by atoms with Gasteiger partial charge in [-0.3, -0.25) is 0 Å². The lowest BCUT2D eigenvalue weighted by Crippen LogP contribution is -2.36. The summed E-state index contributed by atoms with van der Waals surface area (Å²) in [4.78, 5) is 2.34. The molecule has 0 unspecified atom stereocenters. The zero-order valence-corrected chi connectivity index (χ0v) is 11.7. The van der Waals surface area contributed by atoms with E-state index in [9.17, 15) is 0 Å². The Morgan fingerprint density at radius 3 is 2.70 bits per heavy atom. The number of aromatic nitrogens is 2. The molecule has 0 aliphatic carbocycles. The lowest BCUT2D eigenvalue weighted by atomic mass is 10.1. The average molecular weight is 272 g/mol. The Morgan fingerprint density at radius 1 is 1.20 bits per heavy atom. The van der Waals surface area contributed by atoms with Gasteiger partial charge in [0.15, 0.2) is 0 Å². The highest BCUT2D eigenvalue weighted by Crippen LogP contribution is 2.16. The molecule has 0 amide bonds. The molecular weight excluding hydrogens is 252 g/mol. The van der Waals surface area contributed by atoms with Crippen LogP contribution in [0.3, 0.4) is 0 Å². The van der Waals surface area contributed by atoms with Crippen molar-refractivity contribution >= 4 is 6.01 Å². The first kappa shape index (κ1) is 13.1. The fraction of sp³-hybridized carbons (Fsp3) is 0.467. The highest BCUT2D eigenvalue weighted by atomic mass is 16.4. The summed E-state index contributed by atoms with van der Waals surface area (Å²) in [5, 5.41) is 11.5. The highest BCUT2D eigenvalue weighted by Gasteiger charge is 2.18. The fourth-order valence-electron chi connectivity index (χ4n) is 2.48. The predicted molar refractivity (Wildman–Crippen MR) is 77.7 cm³/mol. The maximum absolute atomic E-state index is 5.67. The Bertz CT molecular complexity index is 532. The first-order chi connectivity index (χ1) is 9.79. The van der Waals surface area contributed by atoms with Gasteiger partial charge >= 0.3 is 6.01 Å². The minimum atomic E-state index is 0.441. The van der Waals surface area contributed by atoms with Gasteiger partial charge in [-0.2, -0.15) is 0 Å². The molecule has 1 N–H and O–H groups in total. The third kappa shape index (κ3) is 3.36. The summed E-state index contributed by atoms with van der Waals surface area (Å²) in [5.41, 5.74) is 1.18. The quantitative estimate of drug-likeness (QED) is 0.924. The van der Waals surface area contributed by atoms with E-state index in [4.69, 9.17) is 4.42 Å². The van der Waals surface area contributed by atoms with E-state index in [1.54, 1.807) is 0 Å².